The van der Waals surface area contributed by atoms with Gasteiger partial charge in [-0.1, -0.05) is 6.92 Å². The van der Waals surface area contributed by atoms with Gasteiger partial charge in [0.15, 0.2) is 0 Å². The molecule has 9 heteroatoms. The highest BCUT2D eigenvalue weighted by atomic mass is 16.5. The van der Waals surface area contributed by atoms with Crippen LogP contribution in [0.25, 0.3) is 0 Å². The molecule has 120 valence electrons. The molecule has 1 unspecified atom stereocenters. The van der Waals surface area contributed by atoms with Gasteiger partial charge in [-0.3, -0.25) is 15.0 Å². The minimum atomic E-state index is -1.18. The first-order chi connectivity index (χ1) is 10.0. The van der Waals surface area contributed by atoms with Crippen molar-refractivity contribution >= 4 is 17.9 Å². The van der Waals surface area contributed by atoms with Crippen LogP contribution in [-0.2, 0) is 19.1 Å². The Kier molecular flexibility index (Phi) is 7.65. The Hall–Kier alpha value is -1.71. The third-order valence-corrected chi connectivity index (χ3v) is 2.87. The van der Waals surface area contributed by atoms with Crippen molar-refractivity contribution < 1.29 is 29.0 Å². The molecule has 1 aliphatic heterocycles. The summed E-state index contributed by atoms with van der Waals surface area (Å²) < 4.78 is 10.1. The van der Waals surface area contributed by atoms with Crippen LogP contribution in [-0.4, -0.2) is 80.0 Å². The van der Waals surface area contributed by atoms with Crippen molar-refractivity contribution in [3.8, 4) is 0 Å². The van der Waals surface area contributed by atoms with E-state index in [0.717, 1.165) is 19.6 Å². The number of carbonyl (C=O) groups is 3. The highest BCUT2D eigenvalue weighted by molar-refractivity contribution is 5.94. The standard InChI is InChI=1S/C12H21N3O6/c1-2-15-3-4-21-9(6-15)5-13-12(19)14-10(16)7-20-8-11(17)18/h9H,2-8H2,1H3,(H,17,18)(H2,13,14,16,19). The maximum atomic E-state index is 11.5. The number of ether oxygens (including phenoxy) is 2. The number of likely N-dealkylation sites (N-methyl/N-ethyl adjacent to an activating group) is 1. The molecular formula is C12H21N3O6. The number of nitrogens with one attached hydrogen (secondary N) is 2. The number of rotatable bonds is 7. The number of carboxylic acids is 1. The second-order valence-corrected chi connectivity index (χ2v) is 4.53. The molecule has 0 saturated carbocycles. The first-order valence-electron chi connectivity index (χ1n) is 6.72. The van der Waals surface area contributed by atoms with Crippen molar-refractivity contribution in [1.82, 2.24) is 15.5 Å². The highest BCUT2D eigenvalue weighted by Crippen LogP contribution is 2.03. The Morgan fingerprint density at radius 3 is 2.81 bits per heavy atom. The Labute approximate surface area is 122 Å². The smallest absolute Gasteiger partial charge is 0.329 e. The van der Waals surface area contributed by atoms with Crippen molar-refractivity contribution in [3.63, 3.8) is 0 Å². The number of nitrogens with zero attached hydrogens (tertiary/aromatic N) is 1. The summed E-state index contributed by atoms with van der Waals surface area (Å²) in [4.78, 5) is 35.1. The molecule has 1 rings (SSSR count). The first kappa shape index (κ1) is 17.3. The lowest BCUT2D eigenvalue weighted by Crippen LogP contribution is -2.50. The number of hydrogen-bond donors (Lipinski definition) is 3. The van der Waals surface area contributed by atoms with Crippen LogP contribution in [0.3, 0.4) is 0 Å². The summed E-state index contributed by atoms with van der Waals surface area (Å²) in [5.41, 5.74) is 0. The Bertz CT molecular complexity index is 376. The maximum Gasteiger partial charge on any atom is 0.329 e. The zero-order valence-electron chi connectivity index (χ0n) is 12.0. The first-order valence-corrected chi connectivity index (χ1v) is 6.72. The van der Waals surface area contributed by atoms with Crippen molar-refractivity contribution in [2.45, 2.75) is 13.0 Å². The minimum absolute atomic E-state index is 0.109. The predicted molar refractivity (Wildman–Crippen MR) is 71.9 cm³/mol. The van der Waals surface area contributed by atoms with Crippen molar-refractivity contribution in [3.05, 3.63) is 0 Å². The number of carboxylic acid groups (broad SMARTS) is 1. The van der Waals surface area contributed by atoms with E-state index in [-0.39, 0.29) is 6.10 Å². The molecule has 1 atom stereocenters. The van der Waals surface area contributed by atoms with E-state index in [4.69, 9.17) is 9.84 Å². The largest absolute Gasteiger partial charge is 0.480 e. The summed E-state index contributed by atoms with van der Waals surface area (Å²) in [6, 6.07) is -0.656. The fourth-order valence-corrected chi connectivity index (χ4v) is 1.84. The monoisotopic (exact) mass is 303 g/mol. The van der Waals surface area contributed by atoms with Crippen LogP contribution in [0.5, 0.6) is 0 Å². The second-order valence-electron chi connectivity index (χ2n) is 4.53. The molecule has 0 aromatic rings. The van der Waals surface area contributed by atoms with Crippen molar-refractivity contribution in [1.29, 1.82) is 0 Å². The molecule has 1 heterocycles. The van der Waals surface area contributed by atoms with Crippen molar-refractivity contribution in [2.75, 3.05) is 46.0 Å². The van der Waals surface area contributed by atoms with E-state index < -0.39 is 31.1 Å². The number of urea groups is 1. The van der Waals surface area contributed by atoms with E-state index >= 15 is 0 Å². The summed E-state index contributed by atoms with van der Waals surface area (Å²) >= 11 is 0. The van der Waals surface area contributed by atoms with E-state index in [2.05, 4.69) is 21.9 Å². The molecule has 0 radical (unpaired) electrons. The predicted octanol–water partition coefficient (Wildman–Crippen LogP) is -1.37. The van der Waals surface area contributed by atoms with Gasteiger partial charge >= 0.3 is 12.0 Å². The molecule has 0 aromatic heterocycles. The zero-order chi connectivity index (χ0) is 15.7. The molecule has 3 amide bonds. The molecule has 0 spiro atoms. The molecule has 9 nitrogen and oxygen atoms in total. The van der Waals surface area contributed by atoms with Gasteiger partial charge in [0.2, 0.25) is 0 Å². The van der Waals surface area contributed by atoms with Gasteiger partial charge in [-0.25, -0.2) is 9.59 Å². The summed E-state index contributed by atoms with van der Waals surface area (Å²) in [7, 11) is 0. The van der Waals surface area contributed by atoms with Crippen LogP contribution in [0.1, 0.15) is 6.92 Å². The molecule has 1 aliphatic rings. The normalized spacial score (nSPS) is 19.0. The Morgan fingerprint density at radius 2 is 2.14 bits per heavy atom. The van der Waals surface area contributed by atoms with Gasteiger partial charge in [0, 0.05) is 19.6 Å². The average molecular weight is 303 g/mol. The summed E-state index contributed by atoms with van der Waals surface area (Å²) in [5, 5.41) is 12.9. The Morgan fingerprint density at radius 1 is 1.38 bits per heavy atom. The van der Waals surface area contributed by atoms with Gasteiger partial charge in [0.25, 0.3) is 5.91 Å². The lowest BCUT2D eigenvalue weighted by atomic mass is 10.2. The summed E-state index contributed by atoms with van der Waals surface area (Å²) in [6.45, 7) is 4.42. The van der Waals surface area contributed by atoms with Crippen LogP contribution >= 0.6 is 0 Å². The number of imide groups is 1. The zero-order valence-corrected chi connectivity index (χ0v) is 12.0. The number of hydrogen-bond acceptors (Lipinski definition) is 6. The van der Waals surface area contributed by atoms with Gasteiger partial charge < -0.3 is 19.9 Å². The van der Waals surface area contributed by atoms with E-state index in [0.29, 0.717) is 13.2 Å². The molecule has 0 aliphatic carbocycles. The SMILES string of the molecule is CCN1CCOC(CNC(=O)NC(=O)COCC(=O)O)C1. The third kappa shape index (κ3) is 7.59. The molecule has 0 aromatic carbocycles. The molecule has 1 fully saturated rings. The van der Waals surface area contributed by atoms with Gasteiger partial charge in [-0.2, -0.15) is 0 Å². The van der Waals surface area contributed by atoms with Crippen LogP contribution in [0.4, 0.5) is 4.79 Å². The Balaban J connectivity index is 2.15. The quantitative estimate of drug-likeness (QED) is 0.531. The average Bonchev–Trinajstić information content (AvgIpc) is 2.45. The van der Waals surface area contributed by atoms with Gasteiger partial charge in [-0.05, 0) is 6.54 Å². The van der Waals surface area contributed by atoms with Crippen LogP contribution in [0.2, 0.25) is 0 Å². The lowest BCUT2D eigenvalue weighted by Gasteiger charge is -2.32. The van der Waals surface area contributed by atoms with Crippen LogP contribution in [0, 0.1) is 0 Å². The van der Waals surface area contributed by atoms with E-state index in [9.17, 15) is 14.4 Å². The van der Waals surface area contributed by atoms with Crippen molar-refractivity contribution in [2.24, 2.45) is 0 Å². The topological polar surface area (TPSA) is 117 Å². The fraction of sp³-hybridized carbons (Fsp3) is 0.750. The third-order valence-electron chi connectivity index (χ3n) is 2.87. The second kappa shape index (κ2) is 9.27. The van der Waals surface area contributed by atoms with Gasteiger partial charge in [0.05, 0.1) is 12.7 Å². The molecular weight excluding hydrogens is 282 g/mol. The minimum Gasteiger partial charge on any atom is -0.480 e. The molecule has 1 saturated heterocycles. The molecule has 0 bridgehead atoms. The summed E-state index contributed by atoms with van der Waals surface area (Å²) in [5.74, 6) is -1.88. The maximum absolute atomic E-state index is 11.5. The summed E-state index contributed by atoms with van der Waals surface area (Å²) in [6.07, 6.45) is -0.109. The van der Waals surface area contributed by atoms with E-state index in [1.54, 1.807) is 0 Å². The highest BCUT2D eigenvalue weighted by Gasteiger charge is 2.20. The molecule has 3 N–H and O–H groups in total. The number of amides is 3. The van der Waals surface area contributed by atoms with Crippen LogP contribution < -0.4 is 10.6 Å². The number of carbonyl (C=O) groups excluding carboxylic acids is 2. The lowest BCUT2D eigenvalue weighted by molar-refractivity contribution is -0.143. The van der Waals surface area contributed by atoms with E-state index in [1.165, 1.54) is 0 Å². The fourth-order valence-electron chi connectivity index (χ4n) is 1.84. The number of aliphatic carboxylic acids is 1. The number of morpholine rings is 1. The van der Waals surface area contributed by atoms with Crippen LogP contribution in [0.15, 0.2) is 0 Å². The van der Waals surface area contributed by atoms with Gasteiger partial charge in [0.1, 0.15) is 13.2 Å². The van der Waals surface area contributed by atoms with E-state index in [1.807, 2.05) is 5.32 Å². The molecule has 21 heavy (non-hydrogen) atoms. The van der Waals surface area contributed by atoms with Gasteiger partial charge in [-0.15, -0.1) is 0 Å².